The summed E-state index contributed by atoms with van der Waals surface area (Å²) in [5, 5.41) is 11.3. The second-order valence-electron chi connectivity index (χ2n) is 4.43. The molecule has 0 spiro atoms. The van der Waals surface area contributed by atoms with E-state index in [2.05, 4.69) is 5.32 Å². The first kappa shape index (κ1) is 12.9. The number of carboxylic acids is 1. The lowest BCUT2D eigenvalue weighted by molar-refractivity contribution is -0.145. The van der Waals surface area contributed by atoms with Gasteiger partial charge in [0.2, 0.25) is 5.91 Å². The molecule has 0 aromatic heterocycles. The van der Waals surface area contributed by atoms with E-state index in [9.17, 15) is 9.59 Å². The van der Waals surface area contributed by atoms with Crippen molar-refractivity contribution < 1.29 is 14.7 Å². The number of carboxylic acid groups (broad SMARTS) is 1. The highest BCUT2D eigenvalue weighted by molar-refractivity contribution is 5.86. The zero-order valence-corrected chi connectivity index (χ0v) is 9.00. The molecule has 0 aliphatic carbocycles. The van der Waals surface area contributed by atoms with E-state index in [1.807, 2.05) is 0 Å². The molecule has 14 heavy (non-hydrogen) atoms. The Bertz CT molecular complexity index is 231. The number of hydrogen-bond donors (Lipinski definition) is 3. The van der Waals surface area contributed by atoms with E-state index in [4.69, 9.17) is 10.8 Å². The van der Waals surface area contributed by atoms with Gasteiger partial charge in [-0.1, -0.05) is 20.8 Å². The van der Waals surface area contributed by atoms with Crippen LogP contribution in [-0.2, 0) is 9.59 Å². The lowest BCUT2D eigenvalue weighted by Crippen LogP contribution is -2.52. The number of amides is 1. The third-order valence-corrected chi connectivity index (χ3v) is 1.81. The third kappa shape index (κ3) is 3.74. The molecule has 0 bridgehead atoms. The van der Waals surface area contributed by atoms with E-state index in [0.29, 0.717) is 0 Å². The van der Waals surface area contributed by atoms with E-state index < -0.39 is 29.4 Å². The van der Waals surface area contributed by atoms with Gasteiger partial charge < -0.3 is 16.2 Å². The quantitative estimate of drug-likeness (QED) is 0.598. The minimum atomic E-state index is -1.05. The summed E-state index contributed by atoms with van der Waals surface area (Å²) in [7, 11) is 0. The Balaban J connectivity index is 4.56. The molecule has 0 rings (SSSR count). The van der Waals surface area contributed by atoms with Crippen LogP contribution in [0, 0.1) is 5.41 Å². The molecule has 0 saturated carbocycles. The van der Waals surface area contributed by atoms with Crippen LogP contribution in [0.15, 0.2) is 0 Å². The highest BCUT2D eigenvalue weighted by atomic mass is 16.4. The van der Waals surface area contributed by atoms with Crippen LogP contribution in [0.3, 0.4) is 0 Å². The molecule has 82 valence electrons. The highest BCUT2D eigenvalue weighted by Crippen LogP contribution is 2.19. The molecule has 4 N–H and O–H groups in total. The monoisotopic (exact) mass is 202 g/mol. The van der Waals surface area contributed by atoms with Crippen LogP contribution in [0.5, 0.6) is 0 Å². The third-order valence-electron chi connectivity index (χ3n) is 1.81. The molecule has 0 aliphatic heterocycles. The molecular formula is C9H18N2O3. The Kier molecular flexibility index (Phi) is 4.07. The molecule has 0 aromatic carbocycles. The molecular weight excluding hydrogens is 184 g/mol. The van der Waals surface area contributed by atoms with E-state index >= 15 is 0 Å². The van der Waals surface area contributed by atoms with Gasteiger partial charge in [0.25, 0.3) is 0 Å². The van der Waals surface area contributed by atoms with Crippen LogP contribution in [0.1, 0.15) is 27.7 Å². The molecule has 1 amide bonds. The predicted molar refractivity (Wildman–Crippen MR) is 52.7 cm³/mol. The fourth-order valence-electron chi connectivity index (χ4n) is 0.922. The van der Waals surface area contributed by atoms with E-state index in [-0.39, 0.29) is 0 Å². The number of rotatable bonds is 3. The zero-order chi connectivity index (χ0) is 11.5. The van der Waals surface area contributed by atoms with E-state index in [1.54, 1.807) is 20.8 Å². The molecule has 1 unspecified atom stereocenters. The zero-order valence-electron chi connectivity index (χ0n) is 9.00. The van der Waals surface area contributed by atoms with Crippen molar-refractivity contribution in [1.29, 1.82) is 0 Å². The summed E-state index contributed by atoms with van der Waals surface area (Å²) in [6.07, 6.45) is 0. The van der Waals surface area contributed by atoms with Crippen molar-refractivity contribution in [3.63, 3.8) is 0 Å². The molecule has 0 fully saturated rings. The van der Waals surface area contributed by atoms with Gasteiger partial charge in [-0.05, 0) is 12.3 Å². The van der Waals surface area contributed by atoms with Crippen molar-refractivity contribution in [2.45, 2.75) is 39.8 Å². The van der Waals surface area contributed by atoms with Gasteiger partial charge in [0.1, 0.15) is 6.04 Å². The second-order valence-corrected chi connectivity index (χ2v) is 4.43. The molecule has 5 heteroatoms. The molecule has 0 saturated heterocycles. The standard InChI is InChI=1S/C9H18N2O3/c1-5(10)7(12)11-6(8(13)14)9(2,3)4/h5-6H,10H2,1-4H3,(H,11,12)(H,13,14)/t5-,6?/m1/s1. The number of hydrogen-bond acceptors (Lipinski definition) is 3. The summed E-state index contributed by atoms with van der Waals surface area (Å²) in [6.45, 7) is 6.74. The van der Waals surface area contributed by atoms with Crippen molar-refractivity contribution in [2.75, 3.05) is 0 Å². The summed E-state index contributed by atoms with van der Waals surface area (Å²) in [4.78, 5) is 22.1. The Morgan fingerprint density at radius 1 is 1.36 bits per heavy atom. The van der Waals surface area contributed by atoms with Gasteiger partial charge in [-0.15, -0.1) is 0 Å². The minimum absolute atomic E-state index is 0.452. The summed E-state index contributed by atoms with van der Waals surface area (Å²) in [6, 6.07) is -1.61. The van der Waals surface area contributed by atoms with Gasteiger partial charge in [-0.3, -0.25) is 4.79 Å². The largest absolute Gasteiger partial charge is 0.480 e. The summed E-state index contributed by atoms with van der Waals surface area (Å²) in [5.41, 5.74) is 4.79. The first-order valence-electron chi connectivity index (χ1n) is 4.45. The smallest absolute Gasteiger partial charge is 0.326 e. The van der Waals surface area contributed by atoms with E-state index in [1.165, 1.54) is 6.92 Å². The maximum atomic E-state index is 11.2. The molecule has 2 atom stereocenters. The lowest BCUT2D eigenvalue weighted by Gasteiger charge is -2.28. The Morgan fingerprint density at radius 3 is 2.00 bits per heavy atom. The van der Waals surface area contributed by atoms with Crippen molar-refractivity contribution >= 4 is 11.9 Å². The Hall–Kier alpha value is -1.10. The number of carbonyl (C=O) groups is 2. The van der Waals surface area contributed by atoms with Gasteiger partial charge in [-0.2, -0.15) is 0 Å². The average molecular weight is 202 g/mol. The van der Waals surface area contributed by atoms with Crippen LogP contribution < -0.4 is 11.1 Å². The average Bonchev–Trinajstić information content (AvgIpc) is 1.96. The van der Waals surface area contributed by atoms with E-state index in [0.717, 1.165) is 0 Å². The van der Waals surface area contributed by atoms with Crippen LogP contribution in [-0.4, -0.2) is 29.1 Å². The lowest BCUT2D eigenvalue weighted by atomic mass is 9.86. The number of aliphatic carboxylic acids is 1. The summed E-state index contributed by atoms with van der Waals surface area (Å²) in [5.74, 6) is -1.50. The highest BCUT2D eigenvalue weighted by Gasteiger charge is 2.32. The first-order chi connectivity index (χ1) is 6.16. The van der Waals surface area contributed by atoms with Crippen molar-refractivity contribution in [1.82, 2.24) is 5.32 Å². The maximum Gasteiger partial charge on any atom is 0.326 e. The molecule has 0 radical (unpaired) electrons. The van der Waals surface area contributed by atoms with Gasteiger partial charge in [0.15, 0.2) is 0 Å². The Morgan fingerprint density at radius 2 is 1.79 bits per heavy atom. The molecule has 5 nitrogen and oxygen atoms in total. The van der Waals surface area contributed by atoms with Gasteiger partial charge in [0.05, 0.1) is 6.04 Å². The van der Waals surface area contributed by atoms with Crippen molar-refractivity contribution in [2.24, 2.45) is 11.1 Å². The maximum absolute atomic E-state index is 11.2. The van der Waals surface area contributed by atoms with Crippen LogP contribution in [0.25, 0.3) is 0 Å². The second kappa shape index (κ2) is 4.41. The van der Waals surface area contributed by atoms with Crippen molar-refractivity contribution in [3.05, 3.63) is 0 Å². The van der Waals surface area contributed by atoms with Gasteiger partial charge in [-0.25, -0.2) is 4.79 Å². The molecule has 0 aliphatic rings. The number of carbonyl (C=O) groups excluding carboxylic acids is 1. The summed E-state index contributed by atoms with van der Waals surface area (Å²) < 4.78 is 0. The minimum Gasteiger partial charge on any atom is -0.480 e. The topological polar surface area (TPSA) is 92.4 Å². The fraction of sp³-hybridized carbons (Fsp3) is 0.778. The van der Waals surface area contributed by atoms with Gasteiger partial charge in [0, 0.05) is 0 Å². The first-order valence-corrected chi connectivity index (χ1v) is 4.45. The van der Waals surface area contributed by atoms with Crippen molar-refractivity contribution in [3.8, 4) is 0 Å². The van der Waals surface area contributed by atoms with Crippen LogP contribution in [0.4, 0.5) is 0 Å². The molecule has 0 heterocycles. The fourth-order valence-corrected chi connectivity index (χ4v) is 0.922. The Labute approximate surface area is 83.7 Å². The molecule has 0 aromatic rings. The number of nitrogens with two attached hydrogens (primary N) is 1. The van der Waals surface area contributed by atoms with Gasteiger partial charge >= 0.3 is 5.97 Å². The number of nitrogens with one attached hydrogen (secondary N) is 1. The predicted octanol–water partition coefficient (Wildman–Crippen LogP) is -0.0509. The normalized spacial score (nSPS) is 15.8. The SMILES string of the molecule is C[C@@H](N)C(=O)NC(C(=O)O)C(C)(C)C. The van der Waals surface area contributed by atoms with Crippen LogP contribution in [0.2, 0.25) is 0 Å². The summed E-state index contributed by atoms with van der Waals surface area (Å²) >= 11 is 0. The van der Waals surface area contributed by atoms with Crippen LogP contribution >= 0.6 is 0 Å².